The SMILES string of the molecule is Cc1cc(C)cc([Si](C2=[C-]CC=C2c2ccccc2)(c2cc(C)cc(C)c2)c2cc(C(C)(C)C)cc(C(C)(C)C)c2)c1.[Cl-].[Cl-].[Cl-].[Ti+4]. The summed E-state index contributed by atoms with van der Waals surface area (Å²) in [4.78, 5) is 0. The minimum Gasteiger partial charge on any atom is -1.00 e. The Morgan fingerprint density at radius 2 is 0.935 bits per heavy atom. The first-order chi connectivity index (χ1) is 19.7. The van der Waals surface area contributed by atoms with Crippen molar-refractivity contribution in [3.63, 3.8) is 0 Å². The van der Waals surface area contributed by atoms with Crippen LogP contribution >= 0.6 is 0 Å². The molecule has 4 aromatic rings. The first-order valence-corrected chi connectivity index (χ1v) is 17.4. The number of benzene rings is 4. The van der Waals surface area contributed by atoms with Crippen LogP contribution in [0, 0.1) is 33.8 Å². The number of aryl methyl sites for hydroxylation is 4. The van der Waals surface area contributed by atoms with E-state index >= 15 is 0 Å². The summed E-state index contributed by atoms with van der Waals surface area (Å²) < 4.78 is 0. The molecule has 46 heavy (non-hydrogen) atoms. The summed E-state index contributed by atoms with van der Waals surface area (Å²) in [7, 11) is -2.85. The molecule has 0 aromatic heterocycles. The van der Waals surface area contributed by atoms with Crippen molar-refractivity contribution < 1.29 is 58.9 Å². The van der Waals surface area contributed by atoms with Crippen molar-refractivity contribution in [2.75, 3.05) is 0 Å². The molecule has 0 fully saturated rings. The Labute approximate surface area is 313 Å². The third-order valence-electron chi connectivity index (χ3n) is 8.72. The van der Waals surface area contributed by atoms with Gasteiger partial charge in [0.2, 0.25) is 0 Å². The standard InChI is InChI=1S/C41H47Si.3ClH.Ti/c1-28-19-29(2)22-35(21-28)42(36-23-30(3)20-31(4)24-36,39-18-14-17-38(39)32-15-12-11-13-16-32)37-26-33(40(5,6)7)25-34(27-37)41(8,9)10;;;;/h11-13,15-17,19-27H,14H2,1-10H3;3*1H;/q-1;;;;+4/p-3. The van der Waals surface area contributed by atoms with E-state index in [0.29, 0.717) is 0 Å². The van der Waals surface area contributed by atoms with Gasteiger partial charge in [0.1, 0.15) is 8.07 Å². The van der Waals surface area contributed by atoms with E-state index in [9.17, 15) is 0 Å². The van der Waals surface area contributed by atoms with Gasteiger partial charge in [0, 0.05) is 0 Å². The van der Waals surface area contributed by atoms with Crippen molar-refractivity contribution in [1.29, 1.82) is 0 Å². The van der Waals surface area contributed by atoms with Crippen molar-refractivity contribution in [3.05, 3.63) is 141 Å². The molecule has 1 aliphatic carbocycles. The van der Waals surface area contributed by atoms with E-state index in [1.54, 1.807) is 0 Å². The molecule has 240 valence electrons. The van der Waals surface area contributed by atoms with Crippen LogP contribution in [0.4, 0.5) is 0 Å². The molecule has 0 amide bonds. The number of allylic oxidation sites excluding steroid dienone is 4. The van der Waals surface area contributed by atoms with E-state index in [4.69, 9.17) is 0 Å². The van der Waals surface area contributed by atoms with Crippen LogP contribution in [0.3, 0.4) is 0 Å². The zero-order valence-corrected chi connectivity index (χ0v) is 33.8. The van der Waals surface area contributed by atoms with Crippen LogP contribution in [-0.2, 0) is 32.5 Å². The van der Waals surface area contributed by atoms with Gasteiger partial charge < -0.3 is 37.2 Å². The second-order valence-electron chi connectivity index (χ2n) is 14.5. The maximum absolute atomic E-state index is 4.02. The summed E-state index contributed by atoms with van der Waals surface area (Å²) in [6, 6.07) is 33.1. The number of rotatable bonds is 5. The number of halogens is 3. The third-order valence-corrected chi connectivity index (χ3v) is 13.4. The zero-order chi connectivity index (χ0) is 30.4. The molecule has 0 aliphatic heterocycles. The Morgan fingerprint density at radius 3 is 1.33 bits per heavy atom. The fraction of sp³-hybridized carbons (Fsp3) is 0.317. The van der Waals surface area contributed by atoms with Gasteiger partial charge in [-0.05, 0) is 65.2 Å². The summed E-state index contributed by atoms with van der Waals surface area (Å²) in [5.41, 5.74) is 10.7. The van der Waals surface area contributed by atoms with Crippen LogP contribution in [0.1, 0.15) is 86.9 Å². The van der Waals surface area contributed by atoms with Crippen LogP contribution in [-0.4, -0.2) is 8.07 Å². The molecule has 0 N–H and O–H groups in total. The van der Waals surface area contributed by atoms with Gasteiger partial charge in [0.25, 0.3) is 0 Å². The van der Waals surface area contributed by atoms with Crippen molar-refractivity contribution in [2.45, 2.75) is 86.5 Å². The fourth-order valence-electron chi connectivity index (χ4n) is 6.69. The average Bonchev–Trinajstić information content (AvgIpc) is 3.38. The predicted molar refractivity (Wildman–Crippen MR) is 186 cm³/mol. The van der Waals surface area contributed by atoms with Crippen LogP contribution in [0.5, 0.6) is 0 Å². The number of hydrogen-bond acceptors (Lipinski definition) is 0. The van der Waals surface area contributed by atoms with Gasteiger partial charge in [0.15, 0.2) is 0 Å². The maximum Gasteiger partial charge on any atom is 4.00 e. The van der Waals surface area contributed by atoms with Crippen LogP contribution in [0.2, 0.25) is 0 Å². The molecule has 0 radical (unpaired) electrons. The molecule has 0 heterocycles. The largest absolute Gasteiger partial charge is 4.00 e. The monoisotopic (exact) mass is 720 g/mol. The molecule has 5 rings (SSSR count). The first-order valence-electron chi connectivity index (χ1n) is 15.4. The minimum absolute atomic E-state index is 0. The Bertz CT molecular complexity index is 1580. The number of hydrogen-bond donors (Lipinski definition) is 0. The molecule has 5 heteroatoms. The van der Waals surface area contributed by atoms with Gasteiger partial charge in [-0.2, -0.15) is 11.6 Å². The molecular formula is C41H47Cl3SiTi. The normalized spacial score (nSPS) is 12.9. The van der Waals surface area contributed by atoms with Crippen molar-refractivity contribution in [2.24, 2.45) is 0 Å². The smallest absolute Gasteiger partial charge is 1.00 e. The average molecular weight is 722 g/mol. The molecule has 1 aliphatic rings. The van der Waals surface area contributed by atoms with Crippen LogP contribution in [0.15, 0.2) is 96.2 Å². The maximum atomic E-state index is 4.02. The first kappa shape index (κ1) is 42.2. The Balaban J connectivity index is 0.00000264. The van der Waals surface area contributed by atoms with E-state index in [1.807, 2.05) is 0 Å². The Kier molecular flexibility index (Phi) is 14.7. The van der Waals surface area contributed by atoms with E-state index in [-0.39, 0.29) is 69.8 Å². The van der Waals surface area contributed by atoms with E-state index in [2.05, 4.69) is 166 Å². The van der Waals surface area contributed by atoms with Gasteiger partial charge in [-0.1, -0.05) is 149 Å². The van der Waals surface area contributed by atoms with Gasteiger partial charge in [-0.25, -0.2) is 5.20 Å². The molecule has 0 bridgehead atoms. The van der Waals surface area contributed by atoms with Crippen LogP contribution < -0.4 is 52.8 Å². The quantitative estimate of drug-likeness (QED) is 0.152. The molecule has 0 unspecified atom stereocenters. The van der Waals surface area contributed by atoms with Crippen molar-refractivity contribution in [1.82, 2.24) is 0 Å². The van der Waals surface area contributed by atoms with Gasteiger partial charge in [-0.15, -0.1) is 12.0 Å². The van der Waals surface area contributed by atoms with Gasteiger partial charge >= 0.3 is 21.7 Å². The minimum atomic E-state index is -2.85. The summed E-state index contributed by atoms with van der Waals surface area (Å²) in [6.07, 6.45) is 7.28. The van der Waals surface area contributed by atoms with Crippen molar-refractivity contribution >= 4 is 29.2 Å². The second kappa shape index (κ2) is 16.0. The summed E-state index contributed by atoms with van der Waals surface area (Å²) in [5, 5.41) is 5.75. The molecule has 0 atom stereocenters. The molecule has 4 aromatic carbocycles. The van der Waals surface area contributed by atoms with E-state index in [1.165, 1.54) is 65.3 Å². The third kappa shape index (κ3) is 8.41. The molecule has 0 saturated heterocycles. The molecule has 0 saturated carbocycles. The Hall–Kier alpha value is -1.84. The summed E-state index contributed by atoms with van der Waals surface area (Å²) in [5.74, 6) is 0. The Morgan fingerprint density at radius 1 is 0.543 bits per heavy atom. The molecule has 0 nitrogen and oxygen atoms in total. The topological polar surface area (TPSA) is 0 Å². The fourth-order valence-corrected chi connectivity index (χ4v) is 12.1. The van der Waals surface area contributed by atoms with Gasteiger partial charge in [-0.3, -0.25) is 6.08 Å². The predicted octanol–water partition coefficient (Wildman–Crippen LogP) is -0.249. The van der Waals surface area contributed by atoms with E-state index < -0.39 is 8.07 Å². The summed E-state index contributed by atoms with van der Waals surface area (Å²) >= 11 is 0. The van der Waals surface area contributed by atoms with Gasteiger partial charge in [0.05, 0.1) is 0 Å². The van der Waals surface area contributed by atoms with Crippen LogP contribution in [0.25, 0.3) is 5.57 Å². The summed E-state index contributed by atoms with van der Waals surface area (Å²) in [6.45, 7) is 23.1. The van der Waals surface area contributed by atoms with E-state index in [0.717, 1.165) is 6.42 Å². The molecule has 0 spiro atoms. The van der Waals surface area contributed by atoms with Crippen molar-refractivity contribution in [3.8, 4) is 0 Å². The zero-order valence-electron chi connectivity index (χ0n) is 29.0. The second-order valence-corrected chi connectivity index (χ2v) is 18.3. The molecular weight excluding hydrogens is 675 g/mol.